The van der Waals surface area contributed by atoms with Crippen LogP contribution < -0.4 is 10.2 Å². The van der Waals surface area contributed by atoms with E-state index in [1.807, 2.05) is 4.90 Å². The van der Waals surface area contributed by atoms with Crippen molar-refractivity contribution in [3.63, 3.8) is 0 Å². The first-order valence-electron chi connectivity index (χ1n) is 12.6. The summed E-state index contributed by atoms with van der Waals surface area (Å²) in [5.41, 5.74) is -1.09. The van der Waals surface area contributed by atoms with Crippen LogP contribution in [0.15, 0.2) is 42.5 Å². The number of halogens is 4. The van der Waals surface area contributed by atoms with Gasteiger partial charge in [0, 0.05) is 63.3 Å². The molecule has 12 heteroatoms. The zero-order chi connectivity index (χ0) is 27.4. The van der Waals surface area contributed by atoms with Crippen molar-refractivity contribution in [2.45, 2.75) is 37.9 Å². The van der Waals surface area contributed by atoms with Crippen molar-refractivity contribution in [1.82, 2.24) is 9.80 Å². The molecule has 1 aliphatic carbocycles. The van der Waals surface area contributed by atoms with Gasteiger partial charge in [0.05, 0.1) is 4.92 Å². The number of nitro benzene ring substituents is 1. The summed E-state index contributed by atoms with van der Waals surface area (Å²) in [6, 6.07) is 9.24. The van der Waals surface area contributed by atoms with E-state index in [1.165, 1.54) is 18.2 Å². The van der Waals surface area contributed by atoms with Gasteiger partial charge in [0.15, 0.2) is 0 Å². The van der Waals surface area contributed by atoms with E-state index in [9.17, 15) is 32.5 Å². The van der Waals surface area contributed by atoms with Crippen LogP contribution in [-0.2, 0) is 6.18 Å². The first-order chi connectivity index (χ1) is 18.0. The number of nitro groups is 1. The summed E-state index contributed by atoms with van der Waals surface area (Å²) >= 11 is 0. The van der Waals surface area contributed by atoms with Crippen molar-refractivity contribution in [2.24, 2.45) is 5.92 Å². The van der Waals surface area contributed by atoms with Crippen molar-refractivity contribution in [1.29, 1.82) is 0 Å². The number of anilines is 2. The molecule has 0 atom stereocenters. The molecular formula is C26H31F4N5O3. The van der Waals surface area contributed by atoms with Gasteiger partial charge in [-0.2, -0.15) is 13.2 Å². The number of amides is 2. The number of urea groups is 1. The third-order valence-electron chi connectivity index (χ3n) is 7.32. The minimum atomic E-state index is -4.82. The number of nitrogens with zero attached hydrogens (tertiary/aromatic N) is 4. The van der Waals surface area contributed by atoms with Crippen LogP contribution >= 0.6 is 0 Å². The average molecular weight is 538 g/mol. The Kier molecular flexibility index (Phi) is 8.27. The highest BCUT2D eigenvalue weighted by Crippen LogP contribution is 2.38. The lowest BCUT2D eigenvalue weighted by Gasteiger charge is -2.39. The number of carbonyl (C=O) groups is 1. The highest BCUT2D eigenvalue weighted by Gasteiger charge is 2.38. The molecule has 4 rings (SSSR count). The van der Waals surface area contributed by atoms with Crippen LogP contribution in [0, 0.1) is 21.8 Å². The summed E-state index contributed by atoms with van der Waals surface area (Å²) in [7, 11) is 1.79. The standard InChI is InChI=1S/C26H31F4N5O3/c1-32(25(36)34-14-12-33(13-15-34)22-9-4-19(27)5-10-22)17-18-2-6-20(7-3-18)31-21-8-11-24(35(37)38)23(16-21)26(28,29)30/h4-5,8-11,16,18,20,31H,2-3,6-7,12-15,17H2,1H3. The molecule has 1 saturated heterocycles. The third-order valence-corrected chi connectivity index (χ3v) is 7.32. The number of hydrogen-bond donors (Lipinski definition) is 1. The van der Waals surface area contributed by atoms with Gasteiger partial charge in [0.2, 0.25) is 0 Å². The Hall–Kier alpha value is -3.57. The maximum absolute atomic E-state index is 13.3. The Labute approximate surface area is 218 Å². The topological polar surface area (TPSA) is 82.0 Å². The largest absolute Gasteiger partial charge is 0.423 e. The molecule has 2 fully saturated rings. The molecule has 0 spiro atoms. The summed E-state index contributed by atoms with van der Waals surface area (Å²) in [5.74, 6) is 0.000966. The predicted molar refractivity (Wildman–Crippen MR) is 136 cm³/mol. The van der Waals surface area contributed by atoms with Crippen molar-refractivity contribution < 1.29 is 27.3 Å². The van der Waals surface area contributed by atoms with E-state index >= 15 is 0 Å². The highest BCUT2D eigenvalue weighted by molar-refractivity contribution is 5.74. The van der Waals surface area contributed by atoms with Gasteiger partial charge in [-0.25, -0.2) is 9.18 Å². The number of nitrogens with one attached hydrogen (secondary N) is 1. The van der Waals surface area contributed by atoms with Gasteiger partial charge in [0.25, 0.3) is 5.69 Å². The summed E-state index contributed by atoms with van der Waals surface area (Å²) < 4.78 is 53.0. The van der Waals surface area contributed by atoms with E-state index in [1.54, 1.807) is 24.1 Å². The zero-order valence-corrected chi connectivity index (χ0v) is 21.1. The molecule has 38 heavy (non-hydrogen) atoms. The van der Waals surface area contributed by atoms with Gasteiger partial charge in [0.1, 0.15) is 11.4 Å². The predicted octanol–water partition coefficient (Wildman–Crippen LogP) is 5.60. The summed E-state index contributed by atoms with van der Waals surface area (Å²) in [4.78, 5) is 28.6. The number of piperazine rings is 1. The van der Waals surface area contributed by atoms with Crippen LogP contribution in [0.25, 0.3) is 0 Å². The molecule has 2 amide bonds. The first kappa shape index (κ1) is 27.5. The molecule has 0 bridgehead atoms. The molecule has 206 valence electrons. The third kappa shape index (κ3) is 6.65. The molecule has 1 saturated carbocycles. The van der Waals surface area contributed by atoms with Crippen molar-refractivity contribution in [3.8, 4) is 0 Å². The summed E-state index contributed by atoms with van der Waals surface area (Å²) in [6.07, 6.45) is -1.75. The molecule has 2 aliphatic rings. The van der Waals surface area contributed by atoms with Crippen LogP contribution in [-0.4, -0.2) is 66.6 Å². The Balaban J connectivity index is 1.23. The smallest absolute Gasteiger partial charge is 0.382 e. The van der Waals surface area contributed by atoms with Crippen molar-refractivity contribution >= 4 is 23.1 Å². The number of alkyl halides is 3. The SMILES string of the molecule is CN(CC1CCC(Nc2ccc([N+](=O)[O-])c(C(F)(F)F)c2)CC1)C(=O)N1CCN(c2ccc(F)cc2)CC1. The lowest BCUT2D eigenvalue weighted by Crippen LogP contribution is -2.52. The molecular weight excluding hydrogens is 506 g/mol. The summed E-state index contributed by atoms with van der Waals surface area (Å²) in [5, 5.41) is 14.1. The molecule has 2 aromatic rings. The number of hydrogen-bond acceptors (Lipinski definition) is 5. The number of benzene rings is 2. The fraction of sp³-hybridized carbons (Fsp3) is 0.500. The molecule has 0 unspecified atom stereocenters. The number of carbonyl (C=O) groups excluding carboxylic acids is 1. The van der Waals surface area contributed by atoms with Crippen LogP contribution in [0.3, 0.4) is 0 Å². The van der Waals surface area contributed by atoms with E-state index in [2.05, 4.69) is 10.2 Å². The quantitative estimate of drug-likeness (QED) is 0.295. The number of rotatable bonds is 6. The average Bonchev–Trinajstić information content (AvgIpc) is 2.89. The summed E-state index contributed by atoms with van der Waals surface area (Å²) in [6.45, 7) is 3.08. The maximum atomic E-state index is 13.3. The van der Waals surface area contributed by atoms with E-state index in [-0.39, 0.29) is 29.5 Å². The molecule has 0 radical (unpaired) electrons. The molecule has 1 heterocycles. The fourth-order valence-electron chi connectivity index (χ4n) is 5.25. The van der Waals surface area contributed by atoms with Gasteiger partial charge in [-0.15, -0.1) is 0 Å². The highest BCUT2D eigenvalue weighted by atomic mass is 19.4. The van der Waals surface area contributed by atoms with E-state index in [0.717, 1.165) is 43.5 Å². The monoisotopic (exact) mass is 537 g/mol. The van der Waals surface area contributed by atoms with Crippen molar-refractivity contribution in [2.75, 3.05) is 50.0 Å². The van der Waals surface area contributed by atoms with Crippen LogP contribution in [0.2, 0.25) is 0 Å². The second kappa shape index (κ2) is 11.4. The Bertz CT molecular complexity index is 1130. The van der Waals surface area contributed by atoms with Crippen molar-refractivity contribution in [3.05, 3.63) is 64.0 Å². The van der Waals surface area contributed by atoms with Gasteiger partial charge in [-0.3, -0.25) is 10.1 Å². The minimum Gasteiger partial charge on any atom is -0.382 e. The maximum Gasteiger partial charge on any atom is 0.423 e. The van der Waals surface area contributed by atoms with Crippen LogP contribution in [0.1, 0.15) is 31.2 Å². The second-order valence-electron chi connectivity index (χ2n) is 9.96. The van der Waals surface area contributed by atoms with Gasteiger partial charge in [-0.1, -0.05) is 0 Å². The van der Waals surface area contributed by atoms with Crippen LogP contribution in [0.4, 0.5) is 39.4 Å². The van der Waals surface area contributed by atoms with Gasteiger partial charge >= 0.3 is 12.2 Å². The normalized spacial score (nSPS) is 20.2. The Morgan fingerprint density at radius 1 is 1.05 bits per heavy atom. The molecule has 8 nitrogen and oxygen atoms in total. The lowest BCUT2D eigenvalue weighted by atomic mass is 9.85. The van der Waals surface area contributed by atoms with E-state index in [4.69, 9.17) is 0 Å². The first-order valence-corrected chi connectivity index (χ1v) is 12.6. The molecule has 1 aliphatic heterocycles. The fourth-order valence-corrected chi connectivity index (χ4v) is 5.25. The van der Waals surface area contributed by atoms with Gasteiger partial charge in [-0.05, 0) is 68.0 Å². The second-order valence-corrected chi connectivity index (χ2v) is 9.96. The lowest BCUT2D eigenvalue weighted by molar-refractivity contribution is -0.388. The Morgan fingerprint density at radius 2 is 1.68 bits per heavy atom. The molecule has 1 N–H and O–H groups in total. The Morgan fingerprint density at radius 3 is 2.26 bits per heavy atom. The zero-order valence-electron chi connectivity index (χ0n) is 21.1. The van der Waals surface area contributed by atoms with E-state index < -0.39 is 22.4 Å². The molecule has 2 aromatic carbocycles. The van der Waals surface area contributed by atoms with Gasteiger partial charge < -0.3 is 20.0 Å². The molecule has 0 aromatic heterocycles. The van der Waals surface area contributed by atoms with E-state index in [0.29, 0.717) is 32.7 Å². The minimum absolute atomic E-state index is 0.0328. The van der Waals surface area contributed by atoms with Crippen LogP contribution in [0.5, 0.6) is 0 Å².